The maximum Gasteiger partial charge on any atom is 0.433 e. The van der Waals surface area contributed by atoms with Crippen LogP contribution in [0.15, 0.2) is 12.4 Å². The molecule has 0 spiro atoms. The first-order valence-corrected chi connectivity index (χ1v) is 7.57. The molecule has 3 heterocycles. The van der Waals surface area contributed by atoms with Crippen molar-refractivity contribution < 1.29 is 22.6 Å². The molecule has 0 aliphatic carbocycles. The van der Waals surface area contributed by atoms with Crippen LogP contribution >= 0.6 is 0 Å². The maximum absolute atomic E-state index is 12.9. The Kier molecular flexibility index (Phi) is 4.35. The predicted molar refractivity (Wildman–Crippen MR) is 78.4 cm³/mol. The van der Waals surface area contributed by atoms with Gasteiger partial charge in [-0.1, -0.05) is 6.92 Å². The number of aromatic nitrogens is 4. The summed E-state index contributed by atoms with van der Waals surface area (Å²) in [6.07, 6.45) is -2.76. The number of fused-ring (bicyclic) bond motifs is 1. The first kappa shape index (κ1) is 16.9. The molecule has 1 fully saturated rings. The van der Waals surface area contributed by atoms with Crippen molar-refractivity contribution in [2.45, 2.75) is 32.2 Å². The number of alkyl halides is 3. The molecule has 1 unspecified atom stereocenters. The van der Waals surface area contributed by atoms with Gasteiger partial charge in [-0.3, -0.25) is 0 Å². The van der Waals surface area contributed by atoms with E-state index in [9.17, 15) is 13.2 Å². The number of anilines is 1. The van der Waals surface area contributed by atoms with Crippen LogP contribution < -0.4 is 5.32 Å². The van der Waals surface area contributed by atoms with Crippen molar-refractivity contribution in [1.82, 2.24) is 19.6 Å². The van der Waals surface area contributed by atoms with E-state index in [1.54, 1.807) is 0 Å². The second kappa shape index (κ2) is 6.17. The van der Waals surface area contributed by atoms with Crippen LogP contribution in [-0.4, -0.2) is 45.1 Å². The quantitative estimate of drug-likeness (QED) is 0.897. The first-order chi connectivity index (χ1) is 11.3. The van der Waals surface area contributed by atoms with Crippen molar-refractivity contribution in [2.24, 2.45) is 5.92 Å². The Morgan fingerprint density at radius 3 is 2.75 bits per heavy atom. The van der Waals surface area contributed by atoms with Gasteiger partial charge in [-0.05, 0) is 12.8 Å². The Labute approximate surface area is 136 Å². The zero-order valence-electron chi connectivity index (χ0n) is 13.3. The highest BCUT2D eigenvalue weighted by Crippen LogP contribution is 2.30. The molecule has 132 valence electrons. The molecule has 7 nitrogen and oxygen atoms in total. The van der Waals surface area contributed by atoms with Crippen LogP contribution in [0.1, 0.15) is 26.0 Å². The lowest BCUT2D eigenvalue weighted by molar-refractivity contribution is -0.153. The van der Waals surface area contributed by atoms with E-state index in [0.29, 0.717) is 26.2 Å². The molecule has 0 bridgehead atoms. The Bertz CT molecular complexity index is 712. The largest absolute Gasteiger partial charge is 0.433 e. The molecule has 0 radical (unpaired) electrons. The SMILES string of the molecule is CC(CNc1cc(C(F)(F)F)nc2ncnn12)CC1(C)OCCO1. The Morgan fingerprint density at radius 2 is 2.08 bits per heavy atom. The number of hydrogen-bond acceptors (Lipinski definition) is 6. The fourth-order valence-electron chi connectivity index (χ4n) is 2.74. The highest BCUT2D eigenvalue weighted by Gasteiger charge is 2.35. The fourth-order valence-corrected chi connectivity index (χ4v) is 2.74. The number of nitrogens with one attached hydrogen (secondary N) is 1. The number of halogens is 3. The van der Waals surface area contributed by atoms with Crippen molar-refractivity contribution in [3.05, 3.63) is 18.1 Å². The average Bonchev–Trinajstić information content (AvgIpc) is 3.12. The highest BCUT2D eigenvalue weighted by atomic mass is 19.4. The maximum atomic E-state index is 12.9. The van der Waals surface area contributed by atoms with E-state index in [1.807, 2.05) is 13.8 Å². The van der Waals surface area contributed by atoms with Gasteiger partial charge >= 0.3 is 6.18 Å². The number of rotatable bonds is 5. The van der Waals surface area contributed by atoms with Gasteiger partial charge in [0.15, 0.2) is 11.5 Å². The number of hydrogen-bond donors (Lipinski definition) is 1. The van der Waals surface area contributed by atoms with Crippen molar-refractivity contribution in [1.29, 1.82) is 0 Å². The number of ether oxygens (including phenoxy) is 2. The molecule has 0 amide bonds. The second-order valence-corrected chi connectivity index (χ2v) is 6.02. The lowest BCUT2D eigenvalue weighted by atomic mass is 10.0. The molecule has 24 heavy (non-hydrogen) atoms. The summed E-state index contributed by atoms with van der Waals surface area (Å²) in [5.74, 6) is -0.447. The summed E-state index contributed by atoms with van der Waals surface area (Å²) in [6, 6.07) is 0.929. The summed E-state index contributed by atoms with van der Waals surface area (Å²) < 4.78 is 51.2. The van der Waals surface area contributed by atoms with Gasteiger partial charge in [-0.2, -0.15) is 27.8 Å². The zero-order valence-corrected chi connectivity index (χ0v) is 13.3. The third-order valence-electron chi connectivity index (χ3n) is 3.79. The molecule has 1 aliphatic heterocycles. The molecule has 3 rings (SSSR count). The molecule has 2 aromatic heterocycles. The van der Waals surface area contributed by atoms with Crippen molar-refractivity contribution in [2.75, 3.05) is 25.1 Å². The van der Waals surface area contributed by atoms with Crippen LogP contribution in [0.4, 0.5) is 19.0 Å². The van der Waals surface area contributed by atoms with E-state index in [1.165, 1.54) is 10.8 Å². The second-order valence-electron chi connectivity index (χ2n) is 6.02. The van der Waals surface area contributed by atoms with Gasteiger partial charge in [0.25, 0.3) is 5.78 Å². The summed E-state index contributed by atoms with van der Waals surface area (Å²) in [4.78, 5) is 7.21. The van der Waals surface area contributed by atoms with Gasteiger partial charge in [0.2, 0.25) is 0 Å². The Morgan fingerprint density at radius 1 is 1.38 bits per heavy atom. The average molecular weight is 345 g/mol. The topological polar surface area (TPSA) is 73.6 Å². The molecule has 2 aromatic rings. The molecule has 0 aromatic carbocycles. The molecule has 1 saturated heterocycles. The monoisotopic (exact) mass is 345 g/mol. The standard InChI is InChI=1S/C14H18F3N5O2/c1-9(6-13(2)23-3-4-24-13)7-18-11-5-10(14(15,16)17)21-12-19-8-20-22(11)12/h5,8-9,18H,3-4,6-7H2,1-2H3. The normalized spacial score (nSPS) is 18.9. The summed E-state index contributed by atoms with van der Waals surface area (Å²) >= 11 is 0. The Hall–Kier alpha value is -1.94. The first-order valence-electron chi connectivity index (χ1n) is 7.57. The van der Waals surface area contributed by atoms with Gasteiger partial charge in [0.1, 0.15) is 12.1 Å². The smallest absolute Gasteiger partial charge is 0.370 e. The van der Waals surface area contributed by atoms with Gasteiger partial charge in [0, 0.05) is 19.0 Å². The molecular formula is C14H18F3N5O2. The van der Waals surface area contributed by atoms with E-state index in [0.717, 1.165) is 6.07 Å². The summed E-state index contributed by atoms with van der Waals surface area (Å²) in [5, 5.41) is 6.89. The molecule has 1 atom stereocenters. The zero-order chi connectivity index (χ0) is 17.4. The van der Waals surface area contributed by atoms with Crippen LogP contribution in [0.5, 0.6) is 0 Å². The molecule has 0 saturated carbocycles. The van der Waals surface area contributed by atoms with Gasteiger partial charge in [-0.15, -0.1) is 0 Å². The summed E-state index contributed by atoms with van der Waals surface area (Å²) in [6.45, 7) is 5.36. The number of nitrogens with zero attached hydrogens (tertiary/aromatic N) is 4. The fraction of sp³-hybridized carbons (Fsp3) is 0.643. The molecule has 10 heteroatoms. The van der Waals surface area contributed by atoms with Crippen LogP contribution in [0.3, 0.4) is 0 Å². The summed E-state index contributed by atoms with van der Waals surface area (Å²) in [5.41, 5.74) is -1.01. The van der Waals surface area contributed by atoms with Crippen LogP contribution in [0, 0.1) is 5.92 Å². The minimum absolute atomic E-state index is 0.102. The molecular weight excluding hydrogens is 327 g/mol. The van der Waals surface area contributed by atoms with Gasteiger partial charge in [-0.25, -0.2) is 4.98 Å². The molecule has 1 N–H and O–H groups in total. The summed E-state index contributed by atoms with van der Waals surface area (Å²) in [7, 11) is 0. The Balaban J connectivity index is 1.73. The van der Waals surface area contributed by atoms with E-state index < -0.39 is 17.7 Å². The predicted octanol–water partition coefficient (Wildman–Crippen LogP) is 2.34. The third-order valence-corrected chi connectivity index (χ3v) is 3.79. The molecule has 1 aliphatic rings. The van der Waals surface area contributed by atoms with E-state index in [4.69, 9.17) is 9.47 Å². The van der Waals surface area contributed by atoms with Crippen molar-refractivity contribution in [3.8, 4) is 0 Å². The van der Waals surface area contributed by atoms with Gasteiger partial charge in [0.05, 0.1) is 13.2 Å². The minimum Gasteiger partial charge on any atom is -0.370 e. The van der Waals surface area contributed by atoms with E-state index in [-0.39, 0.29) is 17.5 Å². The van der Waals surface area contributed by atoms with E-state index >= 15 is 0 Å². The lowest BCUT2D eigenvalue weighted by Crippen LogP contribution is -2.30. The highest BCUT2D eigenvalue weighted by molar-refractivity contribution is 5.45. The van der Waals surface area contributed by atoms with Crippen LogP contribution in [-0.2, 0) is 15.7 Å². The third kappa shape index (κ3) is 3.59. The van der Waals surface area contributed by atoms with Crippen LogP contribution in [0.2, 0.25) is 0 Å². The van der Waals surface area contributed by atoms with Crippen molar-refractivity contribution in [3.63, 3.8) is 0 Å². The minimum atomic E-state index is -4.55. The lowest BCUT2D eigenvalue weighted by Gasteiger charge is -2.26. The van der Waals surface area contributed by atoms with Crippen molar-refractivity contribution >= 4 is 11.6 Å². The van der Waals surface area contributed by atoms with Gasteiger partial charge < -0.3 is 14.8 Å². The van der Waals surface area contributed by atoms with Crippen LogP contribution in [0.25, 0.3) is 5.78 Å². The van der Waals surface area contributed by atoms with E-state index in [2.05, 4.69) is 20.4 Å².